The van der Waals surface area contributed by atoms with E-state index in [-0.39, 0.29) is 0 Å². The van der Waals surface area contributed by atoms with E-state index in [9.17, 15) is 0 Å². The van der Waals surface area contributed by atoms with Crippen LogP contribution in [0, 0.1) is 18.3 Å². The summed E-state index contributed by atoms with van der Waals surface area (Å²) in [6.07, 6.45) is 0. The van der Waals surface area contributed by atoms with Crippen LogP contribution in [0.5, 0.6) is 5.75 Å². The van der Waals surface area contributed by atoms with Crippen molar-refractivity contribution in [1.29, 1.82) is 5.26 Å². The summed E-state index contributed by atoms with van der Waals surface area (Å²) in [5.74, 6) is 2.25. The van der Waals surface area contributed by atoms with Gasteiger partial charge < -0.3 is 9.30 Å². The molecule has 0 radical (unpaired) electrons. The van der Waals surface area contributed by atoms with Crippen molar-refractivity contribution in [2.75, 3.05) is 7.11 Å². The van der Waals surface area contributed by atoms with E-state index < -0.39 is 0 Å². The Balaban J connectivity index is 2.12. The van der Waals surface area contributed by atoms with Gasteiger partial charge in [0, 0.05) is 12.8 Å². The number of nitriles is 1. The summed E-state index contributed by atoms with van der Waals surface area (Å²) in [6.45, 7) is 1.92. The average Bonchev–Trinajstić information content (AvgIpc) is 2.76. The minimum atomic E-state index is 0.547. The van der Waals surface area contributed by atoms with Crippen LogP contribution in [0.25, 0.3) is 0 Å². The molecule has 0 N–H and O–H groups in total. The molecule has 0 spiro atoms. The standard InChI is InChI=1S/C13H14N4OS/c1-9-15-16-13(17(9)2)19-8-10-4-5-11(7-14)12(6-10)18-3/h4-6H,8H2,1-3H3. The third-order valence-electron chi connectivity index (χ3n) is 2.81. The first-order valence-corrected chi connectivity index (χ1v) is 6.70. The van der Waals surface area contributed by atoms with Crippen LogP contribution in [0.4, 0.5) is 0 Å². The summed E-state index contributed by atoms with van der Waals surface area (Å²) in [5, 5.41) is 17.9. The van der Waals surface area contributed by atoms with Gasteiger partial charge in [-0.25, -0.2) is 0 Å². The lowest BCUT2D eigenvalue weighted by molar-refractivity contribution is 0.413. The average molecular weight is 274 g/mol. The molecule has 0 aliphatic heterocycles. The van der Waals surface area contributed by atoms with Gasteiger partial charge in [0.2, 0.25) is 0 Å². The largest absolute Gasteiger partial charge is 0.495 e. The van der Waals surface area contributed by atoms with Crippen molar-refractivity contribution < 1.29 is 4.74 Å². The molecule has 6 heteroatoms. The van der Waals surface area contributed by atoms with E-state index in [1.54, 1.807) is 24.9 Å². The van der Waals surface area contributed by atoms with Crippen LogP contribution in [-0.4, -0.2) is 21.9 Å². The van der Waals surface area contributed by atoms with Crippen molar-refractivity contribution in [1.82, 2.24) is 14.8 Å². The SMILES string of the molecule is COc1cc(CSc2nnc(C)n2C)ccc1C#N. The maximum absolute atomic E-state index is 8.93. The second-order valence-electron chi connectivity index (χ2n) is 4.02. The highest BCUT2D eigenvalue weighted by molar-refractivity contribution is 7.98. The van der Waals surface area contributed by atoms with Crippen molar-refractivity contribution in [3.8, 4) is 11.8 Å². The Morgan fingerprint density at radius 3 is 2.79 bits per heavy atom. The van der Waals surface area contributed by atoms with Crippen LogP contribution in [0.1, 0.15) is 17.0 Å². The van der Waals surface area contributed by atoms with Gasteiger partial charge in [0.25, 0.3) is 0 Å². The summed E-state index contributed by atoms with van der Waals surface area (Å²) in [7, 11) is 3.51. The van der Waals surface area contributed by atoms with Gasteiger partial charge in [0.05, 0.1) is 12.7 Å². The lowest BCUT2D eigenvalue weighted by atomic mass is 10.1. The molecule has 0 fully saturated rings. The quantitative estimate of drug-likeness (QED) is 0.800. The fourth-order valence-corrected chi connectivity index (χ4v) is 2.48. The zero-order valence-corrected chi connectivity index (χ0v) is 11.9. The van der Waals surface area contributed by atoms with Gasteiger partial charge in [-0.05, 0) is 24.6 Å². The third kappa shape index (κ3) is 2.88. The Labute approximate surface area is 116 Å². The van der Waals surface area contributed by atoms with Crippen LogP contribution in [-0.2, 0) is 12.8 Å². The third-order valence-corrected chi connectivity index (χ3v) is 3.90. The highest BCUT2D eigenvalue weighted by Gasteiger charge is 2.08. The number of benzene rings is 1. The van der Waals surface area contributed by atoms with Crippen molar-refractivity contribution >= 4 is 11.8 Å². The summed E-state index contributed by atoms with van der Waals surface area (Å²) in [5.41, 5.74) is 1.63. The number of hydrogen-bond acceptors (Lipinski definition) is 5. The molecule has 1 heterocycles. The van der Waals surface area contributed by atoms with E-state index in [0.717, 1.165) is 22.3 Å². The molecule has 1 aromatic carbocycles. The van der Waals surface area contributed by atoms with E-state index in [4.69, 9.17) is 10.00 Å². The smallest absolute Gasteiger partial charge is 0.191 e. The van der Waals surface area contributed by atoms with E-state index in [2.05, 4.69) is 16.3 Å². The maximum atomic E-state index is 8.93. The topological polar surface area (TPSA) is 63.7 Å². The second kappa shape index (κ2) is 5.76. The molecule has 0 bridgehead atoms. The van der Waals surface area contributed by atoms with Gasteiger partial charge in [0.1, 0.15) is 17.6 Å². The van der Waals surface area contributed by atoms with E-state index in [0.29, 0.717) is 11.3 Å². The predicted molar refractivity (Wildman–Crippen MR) is 73.0 cm³/mol. The molecule has 19 heavy (non-hydrogen) atoms. The van der Waals surface area contributed by atoms with Gasteiger partial charge in [-0.15, -0.1) is 10.2 Å². The molecule has 0 aliphatic carbocycles. The Hall–Kier alpha value is -2.00. The van der Waals surface area contributed by atoms with Crippen LogP contribution < -0.4 is 4.74 Å². The molecule has 2 rings (SSSR count). The van der Waals surface area contributed by atoms with Gasteiger partial charge in [-0.1, -0.05) is 17.8 Å². The first kappa shape index (κ1) is 13.4. The van der Waals surface area contributed by atoms with Crippen LogP contribution >= 0.6 is 11.8 Å². The minimum absolute atomic E-state index is 0.547. The zero-order valence-electron chi connectivity index (χ0n) is 11.0. The summed E-state index contributed by atoms with van der Waals surface area (Å²) >= 11 is 1.60. The maximum Gasteiger partial charge on any atom is 0.191 e. The number of methoxy groups -OCH3 is 1. The Kier molecular flexibility index (Phi) is 4.07. The highest BCUT2D eigenvalue weighted by Crippen LogP contribution is 2.25. The van der Waals surface area contributed by atoms with Crippen molar-refractivity contribution in [2.24, 2.45) is 7.05 Å². The first-order valence-electron chi connectivity index (χ1n) is 5.71. The number of aromatic nitrogens is 3. The lowest BCUT2D eigenvalue weighted by Crippen LogP contribution is -1.94. The van der Waals surface area contributed by atoms with E-state index >= 15 is 0 Å². The predicted octanol–water partition coefficient (Wildman–Crippen LogP) is 2.30. The first-order chi connectivity index (χ1) is 9.15. The minimum Gasteiger partial charge on any atom is -0.495 e. The molecule has 0 saturated carbocycles. The number of hydrogen-bond donors (Lipinski definition) is 0. The molecule has 2 aromatic rings. The fraction of sp³-hybridized carbons (Fsp3) is 0.308. The summed E-state index contributed by atoms with van der Waals surface area (Å²) in [6, 6.07) is 7.69. The highest BCUT2D eigenvalue weighted by atomic mass is 32.2. The Morgan fingerprint density at radius 2 is 2.21 bits per heavy atom. The Bertz CT molecular complexity index is 630. The number of ether oxygens (including phenoxy) is 1. The molecule has 0 atom stereocenters. The molecule has 98 valence electrons. The molecule has 0 aliphatic rings. The zero-order chi connectivity index (χ0) is 13.8. The number of thioether (sulfide) groups is 1. The van der Waals surface area contributed by atoms with Gasteiger partial charge >= 0.3 is 0 Å². The van der Waals surface area contributed by atoms with E-state index in [1.807, 2.05) is 30.7 Å². The van der Waals surface area contributed by atoms with Gasteiger partial charge in [-0.2, -0.15) is 5.26 Å². The van der Waals surface area contributed by atoms with Crippen LogP contribution in [0.15, 0.2) is 23.4 Å². The lowest BCUT2D eigenvalue weighted by Gasteiger charge is -2.06. The van der Waals surface area contributed by atoms with Crippen molar-refractivity contribution in [3.05, 3.63) is 35.2 Å². The number of aryl methyl sites for hydroxylation is 1. The number of rotatable bonds is 4. The molecule has 1 aromatic heterocycles. The van der Waals surface area contributed by atoms with Crippen molar-refractivity contribution in [3.63, 3.8) is 0 Å². The molecule has 5 nitrogen and oxygen atoms in total. The molecule has 0 amide bonds. The van der Waals surface area contributed by atoms with E-state index in [1.165, 1.54) is 0 Å². The fourth-order valence-electron chi connectivity index (χ4n) is 1.58. The van der Waals surface area contributed by atoms with Crippen molar-refractivity contribution in [2.45, 2.75) is 17.8 Å². The summed E-state index contributed by atoms with van der Waals surface area (Å²) < 4.78 is 7.14. The molecular weight excluding hydrogens is 260 g/mol. The van der Waals surface area contributed by atoms with Gasteiger partial charge in [-0.3, -0.25) is 0 Å². The van der Waals surface area contributed by atoms with Gasteiger partial charge in [0.15, 0.2) is 5.16 Å². The second-order valence-corrected chi connectivity index (χ2v) is 4.97. The normalized spacial score (nSPS) is 10.2. The summed E-state index contributed by atoms with van der Waals surface area (Å²) in [4.78, 5) is 0. The molecule has 0 saturated heterocycles. The monoisotopic (exact) mass is 274 g/mol. The number of nitrogens with zero attached hydrogens (tertiary/aromatic N) is 4. The van der Waals surface area contributed by atoms with Crippen LogP contribution in [0.3, 0.4) is 0 Å². The Morgan fingerprint density at radius 1 is 1.42 bits per heavy atom. The molecular formula is C13H14N4OS. The van der Waals surface area contributed by atoms with Crippen LogP contribution in [0.2, 0.25) is 0 Å². The molecule has 0 unspecified atom stereocenters.